The zero-order valence-electron chi connectivity index (χ0n) is 16.0. The fraction of sp³-hybridized carbons (Fsp3) is 0.286. The number of Topliss-reactive ketones (excluding diaryl/α,β-unsaturated/α-hetero) is 1. The third-order valence-electron chi connectivity index (χ3n) is 3.94. The van der Waals surface area contributed by atoms with Gasteiger partial charge in [0.05, 0.1) is 12.2 Å². The number of amides is 2. The van der Waals surface area contributed by atoms with Gasteiger partial charge in [0.15, 0.2) is 12.4 Å². The summed E-state index contributed by atoms with van der Waals surface area (Å²) < 4.78 is 10.7. The highest BCUT2D eigenvalue weighted by Crippen LogP contribution is 2.34. The minimum atomic E-state index is -0.633. The first-order chi connectivity index (χ1) is 13.2. The lowest BCUT2D eigenvalue weighted by molar-refractivity contribution is -0.121. The summed E-state index contributed by atoms with van der Waals surface area (Å²) in [6.07, 6.45) is -0.609. The van der Waals surface area contributed by atoms with Crippen LogP contribution in [0.25, 0.3) is 0 Å². The molecule has 7 heteroatoms. The van der Waals surface area contributed by atoms with E-state index >= 15 is 0 Å². The molecule has 0 spiro atoms. The van der Waals surface area contributed by atoms with Crippen molar-refractivity contribution in [3.05, 3.63) is 54.1 Å². The maximum Gasteiger partial charge on any atom is 0.412 e. The van der Waals surface area contributed by atoms with Crippen LogP contribution in [0.3, 0.4) is 0 Å². The van der Waals surface area contributed by atoms with Crippen LogP contribution in [0.2, 0.25) is 0 Å². The third-order valence-corrected chi connectivity index (χ3v) is 3.94. The highest BCUT2D eigenvalue weighted by molar-refractivity contribution is 6.07. The maximum atomic E-state index is 12.6. The summed E-state index contributed by atoms with van der Waals surface area (Å²) in [5.41, 5.74) is 0.745. The van der Waals surface area contributed by atoms with Crippen LogP contribution in [-0.4, -0.2) is 36.5 Å². The van der Waals surface area contributed by atoms with Crippen LogP contribution in [0.4, 0.5) is 16.2 Å². The molecule has 7 nitrogen and oxygen atoms in total. The molecule has 3 rings (SSSR count). The van der Waals surface area contributed by atoms with E-state index in [0.29, 0.717) is 22.7 Å². The second-order valence-corrected chi connectivity index (χ2v) is 7.37. The van der Waals surface area contributed by atoms with Crippen LogP contribution in [-0.2, 0) is 9.53 Å². The van der Waals surface area contributed by atoms with Crippen LogP contribution in [0.1, 0.15) is 31.1 Å². The van der Waals surface area contributed by atoms with Crippen LogP contribution < -0.4 is 15.0 Å². The summed E-state index contributed by atoms with van der Waals surface area (Å²) in [6.45, 7) is 5.04. The van der Waals surface area contributed by atoms with Gasteiger partial charge in [-0.25, -0.2) is 4.79 Å². The van der Waals surface area contributed by atoms with Crippen molar-refractivity contribution in [3.63, 3.8) is 0 Å². The SMILES string of the molecule is CC(C)(C)OC(=O)Nc1ccc2c(c1)N(CC(=O)c1ccccc1)C(=O)CO2. The molecule has 0 saturated carbocycles. The van der Waals surface area contributed by atoms with Crippen molar-refractivity contribution in [2.75, 3.05) is 23.4 Å². The number of ketones is 1. The molecule has 0 aliphatic carbocycles. The average Bonchev–Trinajstić information content (AvgIpc) is 2.63. The van der Waals surface area contributed by atoms with Gasteiger partial charge >= 0.3 is 6.09 Å². The molecule has 2 amide bonds. The average molecular weight is 382 g/mol. The van der Waals surface area contributed by atoms with E-state index in [1.807, 2.05) is 6.07 Å². The van der Waals surface area contributed by atoms with Crippen molar-refractivity contribution in [2.45, 2.75) is 26.4 Å². The van der Waals surface area contributed by atoms with Gasteiger partial charge in [-0.3, -0.25) is 19.8 Å². The maximum absolute atomic E-state index is 12.6. The fourth-order valence-electron chi connectivity index (χ4n) is 2.73. The van der Waals surface area contributed by atoms with Crippen LogP contribution in [0.15, 0.2) is 48.5 Å². The quantitative estimate of drug-likeness (QED) is 0.816. The van der Waals surface area contributed by atoms with Gasteiger partial charge in [-0.2, -0.15) is 0 Å². The van der Waals surface area contributed by atoms with Gasteiger partial charge < -0.3 is 9.47 Å². The predicted molar refractivity (Wildman–Crippen MR) is 105 cm³/mol. The van der Waals surface area contributed by atoms with Crippen molar-refractivity contribution in [1.82, 2.24) is 0 Å². The second kappa shape index (κ2) is 7.72. The minimum absolute atomic E-state index is 0.116. The number of nitrogens with zero attached hydrogens (tertiary/aromatic N) is 1. The number of nitrogens with one attached hydrogen (secondary N) is 1. The van der Waals surface area contributed by atoms with E-state index in [0.717, 1.165) is 0 Å². The monoisotopic (exact) mass is 382 g/mol. The molecule has 0 unspecified atom stereocenters. The van der Waals surface area contributed by atoms with E-state index in [4.69, 9.17) is 9.47 Å². The molecule has 0 radical (unpaired) electrons. The van der Waals surface area contributed by atoms with Crippen molar-refractivity contribution in [2.24, 2.45) is 0 Å². The summed E-state index contributed by atoms with van der Waals surface area (Å²) >= 11 is 0. The molecule has 2 aromatic rings. The molecular weight excluding hydrogens is 360 g/mol. The Balaban J connectivity index is 1.82. The number of carbonyl (C=O) groups excluding carboxylic acids is 3. The number of ether oxygens (including phenoxy) is 2. The van der Waals surface area contributed by atoms with Crippen molar-refractivity contribution < 1.29 is 23.9 Å². The molecule has 0 atom stereocenters. The summed E-state index contributed by atoms with van der Waals surface area (Å²) in [5, 5.41) is 2.63. The Hall–Kier alpha value is -3.35. The predicted octanol–water partition coefficient (Wildman–Crippen LogP) is 3.64. The number of benzene rings is 2. The standard InChI is InChI=1S/C21H22N2O5/c1-21(2,3)28-20(26)22-15-9-10-18-16(11-15)23(19(25)13-27-18)12-17(24)14-7-5-4-6-8-14/h4-11H,12-13H2,1-3H3,(H,22,26). The van der Waals surface area contributed by atoms with Crippen LogP contribution in [0, 0.1) is 0 Å². The number of fused-ring (bicyclic) bond motifs is 1. The first kappa shape index (κ1) is 19.4. The molecule has 0 saturated heterocycles. The zero-order chi connectivity index (χ0) is 20.3. The minimum Gasteiger partial charge on any atom is -0.482 e. The van der Waals surface area contributed by atoms with Gasteiger partial charge in [0.2, 0.25) is 0 Å². The van der Waals surface area contributed by atoms with E-state index in [2.05, 4.69) is 5.32 Å². The van der Waals surface area contributed by atoms with E-state index in [-0.39, 0.29) is 24.8 Å². The Morgan fingerprint density at radius 2 is 1.86 bits per heavy atom. The Morgan fingerprint density at radius 1 is 1.14 bits per heavy atom. The molecule has 146 valence electrons. The van der Waals surface area contributed by atoms with Gasteiger partial charge in [0, 0.05) is 11.3 Å². The summed E-state index contributed by atoms with van der Waals surface area (Å²) in [6, 6.07) is 13.7. The largest absolute Gasteiger partial charge is 0.482 e. The molecule has 1 aliphatic heterocycles. The first-order valence-electron chi connectivity index (χ1n) is 8.88. The molecule has 2 aromatic carbocycles. The van der Waals surface area contributed by atoms with Gasteiger partial charge in [-0.1, -0.05) is 30.3 Å². The highest BCUT2D eigenvalue weighted by Gasteiger charge is 2.28. The highest BCUT2D eigenvalue weighted by atomic mass is 16.6. The smallest absolute Gasteiger partial charge is 0.412 e. The summed E-state index contributed by atoms with van der Waals surface area (Å²) in [7, 11) is 0. The normalized spacial score (nSPS) is 13.4. The molecule has 1 N–H and O–H groups in total. The second-order valence-electron chi connectivity index (χ2n) is 7.37. The number of hydrogen-bond acceptors (Lipinski definition) is 5. The molecule has 1 heterocycles. The Morgan fingerprint density at radius 3 is 2.54 bits per heavy atom. The van der Waals surface area contributed by atoms with E-state index in [1.54, 1.807) is 63.2 Å². The molecule has 0 bridgehead atoms. The van der Waals surface area contributed by atoms with Crippen molar-refractivity contribution >= 4 is 29.2 Å². The summed E-state index contributed by atoms with van der Waals surface area (Å²) in [5.74, 6) is -0.0475. The topological polar surface area (TPSA) is 84.9 Å². The lowest BCUT2D eigenvalue weighted by atomic mass is 10.1. The number of carbonyl (C=O) groups is 3. The van der Waals surface area contributed by atoms with Gasteiger partial charge in [-0.15, -0.1) is 0 Å². The lowest BCUT2D eigenvalue weighted by Crippen LogP contribution is -2.42. The molecule has 1 aliphatic rings. The number of hydrogen-bond donors (Lipinski definition) is 1. The molecule has 0 aromatic heterocycles. The van der Waals surface area contributed by atoms with Gasteiger partial charge in [-0.05, 0) is 39.0 Å². The van der Waals surface area contributed by atoms with E-state index in [1.165, 1.54) is 4.90 Å². The van der Waals surface area contributed by atoms with Crippen molar-refractivity contribution in [3.8, 4) is 5.75 Å². The zero-order valence-corrected chi connectivity index (χ0v) is 16.0. The van der Waals surface area contributed by atoms with Gasteiger partial charge in [0.1, 0.15) is 11.4 Å². The first-order valence-corrected chi connectivity index (χ1v) is 8.88. The molecule has 28 heavy (non-hydrogen) atoms. The molecule has 0 fully saturated rings. The van der Waals surface area contributed by atoms with E-state index in [9.17, 15) is 14.4 Å². The van der Waals surface area contributed by atoms with E-state index < -0.39 is 11.7 Å². The Labute approximate surface area is 163 Å². The van der Waals surface area contributed by atoms with Crippen LogP contribution in [0.5, 0.6) is 5.75 Å². The van der Waals surface area contributed by atoms with Crippen LogP contribution >= 0.6 is 0 Å². The lowest BCUT2D eigenvalue weighted by Gasteiger charge is -2.29. The Bertz CT molecular complexity index is 903. The fourth-order valence-corrected chi connectivity index (χ4v) is 2.73. The van der Waals surface area contributed by atoms with Gasteiger partial charge in [0.25, 0.3) is 5.91 Å². The number of anilines is 2. The third kappa shape index (κ3) is 4.68. The summed E-state index contributed by atoms with van der Waals surface area (Å²) in [4.78, 5) is 38.3. The molecular formula is C21H22N2O5. The van der Waals surface area contributed by atoms with Crippen molar-refractivity contribution in [1.29, 1.82) is 0 Å². The Kier molecular flexibility index (Phi) is 5.35. The number of rotatable bonds is 4.